The zero-order chi connectivity index (χ0) is 18.7. The second-order valence-electron chi connectivity index (χ2n) is 6.04. The van der Waals surface area contributed by atoms with Crippen LogP contribution in [0.3, 0.4) is 0 Å². The van der Waals surface area contributed by atoms with Gasteiger partial charge in [0.2, 0.25) is 11.8 Å². The van der Waals surface area contributed by atoms with Gasteiger partial charge in [-0.3, -0.25) is 14.4 Å². The van der Waals surface area contributed by atoms with Crippen molar-refractivity contribution in [2.24, 2.45) is 0 Å². The van der Waals surface area contributed by atoms with E-state index in [0.29, 0.717) is 35.3 Å². The first-order valence-electron chi connectivity index (χ1n) is 8.15. The van der Waals surface area contributed by atoms with Gasteiger partial charge < -0.3 is 15.5 Å². The molecule has 9 nitrogen and oxygen atoms in total. The van der Waals surface area contributed by atoms with Crippen LogP contribution < -0.4 is 10.6 Å². The third-order valence-electron chi connectivity index (χ3n) is 4.35. The van der Waals surface area contributed by atoms with E-state index in [4.69, 9.17) is 0 Å². The average molecular weight is 376 g/mol. The van der Waals surface area contributed by atoms with Gasteiger partial charge in [0.25, 0.3) is 5.91 Å². The highest BCUT2D eigenvalue weighted by Gasteiger charge is 2.39. The predicted molar refractivity (Wildman–Crippen MR) is 97.7 cm³/mol. The number of aromatic amines is 1. The Bertz CT molecular complexity index is 838. The third-order valence-corrected chi connectivity index (χ3v) is 4.89. The zero-order valence-electron chi connectivity index (χ0n) is 14.5. The van der Waals surface area contributed by atoms with Gasteiger partial charge in [-0.25, -0.2) is 0 Å². The van der Waals surface area contributed by atoms with Crippen molar-refractivity contribution in [2.75, 3.05) is 25.6 Å². The van der Waals surface area contributed by atoms with Crippen LogP contribution in [0.1, 0.15) is 16.8 Å². The quantitative estimate of drug-likeness (QED) is 0.663. The number of hydrogen-bond acceptors (Lipinski definition) is 6. The van der Waals surface area contributed by atoms with Crippen LogP contribution in [0.4, 0.5) is 0 Å². The molecule has 3 amide bonds. The summed E-state index contributed by atoms with van der Waals surface area (Å²) in [7, 11) is 1.54. The van der Waals surface area contributed by atoms with Crippen molar-refractivity contribution in [3.05, 3.63) is 23.8 Å². The number of fused-ring (bicyclic) bond motifs is 1. The molecule has 10 heteroatoms. The van der Waals surface area contributed by atoms with Gasteiger partial charge in [-0.15, -0.1) is 0 Å². The van der Waals surface area contributed by atoms with Crippen molar-refractivity contribution in [1.82, 2.24) is 30.9 Å². The van der Waals surface area contributed by atoms with Crippen LogP contribution in [0.2, 0.25) is 0 Å². The topological polar surface area (TPSA) is 120 Å². The number of likely N-dealkylation sites (N-methyl/N-ethyl adjacent to an activating group) is 1. The Morgan fingerprint density at radius 1 is 1.31 bits per heavy atom. The second-order valence-corrected chi connectivity index (χ2v) is 6.91. The molecule has 26 heavy (non-hydrogen) atoms. The number of likely N-dealkylation sites (tertiary alicyclic amines) is 1. The van der Waals surface area contributed by atoms with Gasteiger partial charge in [0.15, 0.2) is 0 Å². The van der Waals surface area contributed by atoms with E-state index in [-0.39, 0.29) is 23.8 Å². The molecule has 0 saturated carbocycles. The highest BCUT2D eigenvalue weighted by Crippen LogP contribution is 2.20. The van der Waals surface area contributed by atoms with Gasteiger partial charge in [-0.1, -0.05) is 0 Å². The Balaban J connectivity index is 1.71. The Labute approximate surface area is 154 Å². The number of hydrogen-bond donors (Lipinski definition) is 3. The number of nitrogens with one attached hydrogen (secondary N) is 3. The Morgan fingerprint density at radius 3 is 2.81 bits per heavy atom. The molecule has 1 aromatic carbocycles. The Morgan fingerprint density at radius 2 is 2.08 bits per heavy atom. The molecule has 1 aliphatic heterocycles. The van der Waals surface area contributed by atoms with E-state index >= 15 is 0 Å². The highest BCUT2D eigenvalue weighted by atomic mass is 32.2. The summed E-state index contributed by atoms with van der Waals surface area (Å²) in [6.07, 6.45) is 2.22. The minimum absolute atomic E-state index is 0.105. The third kappa shape index (κ3) is 3.64. The van der Waals surface area contributed by atoms with E-state index in [1.165, 1.54) is 11.8 Å². The lowest BCUT2D eigenvalue weighted by atomic mass is 10.1. The lowest BCUT2D eigenvalue weighted by molar-refractivity contribution is -0.136. The highest BCUT2D eigenvalue weighted by molar-refractivity contribution is 7.99. The van der Waals surface area contributed by atoms with E-state index in [9.17, 15) is 14.4 Å². The Kier molecular flexibility index (Phi) is 5.40. The molecule has 0 radical (unpaired) electrons. The number of thioether (sulfide) groups is 1. The lowest BCUT2D eigenvalue weighted by Gasteiger charge is -2.22. The van der Waals surface area contributed by atoms with Gasteiger partial charge in [-0.2, -0.15) is 27.2 Å². The van der Waals surface area contributed by atoms with Gasteiger partial charge in [0.1, 0.15) is 17.1 Å². The summed E-state index contributed by atoms with van der Waals surface area (Å²) in [4.78, 5) is 38.5. The molecule has 0 unspecified atom stereocenters. The van der Waals surface area contributed by atoms with E-state index in [2.05, 4.69) is 26.0 Å². The fourth-order valence-corrected chi connectivity index (χ4v) is 3.50. The molecular formula is C16H20N6O3S. The molecule has 2 aromatic rings. The average Bonchev–Trinajstić information content (AvgIpc) is 3.27. The SMILES string of the molecule is CNC(=O)[C@@H]1C[C@@H](NC(=O)c2ccc3n[nH]nc3c2)CN1C(=O)CSC. The zero-order valence-corrected chi connectivity index (χ0v) is 15.3. The molecular weight excluding hydrogens is 356 g/mol. The number of H-pyrrole nitrogens is 1. The maximum absolute atomic E-state index is 12.5. The fraction of sp³-hybridized carbons (Fsp3) is 0.438. The Hall–Kier alpha value is -2.62. The van der Waals surface area contributed by atoms with Crippen LogP contribution in [-0.2, 0) is 9.59 Å². The van der Waals surface area contributed by atoms with Crippen molar-refractivity contribution < 1.29 is 14.4 Å². The van der Waals surface area contributed by atoms with Crippen molar-refractivity contribution >= 4 is 40.5 Å². The van der Waals surface area contributed by atoms with Crippen LogP contribution in [0.25, 0.3) is 11.0 Å². The molecule has 1 aromatic heterocycles. The first kappa shape index (κ1) is 18.2. The second kappa shape index (κ2) is 7.73. The summed E-state index contributed by atoms with van der Waals surface area (Å²) < 4.78 is 0. The number of carbonyl (C=O) groups excluding carboxylic acids is 3. The van der Waals surface area contributed by atoms with Gasteiger partial charge in [0, 0.05) is 25.2 Å². The molecule has 0 spiro atoms. The maximum Gasteiger partial charge on any atom is 0.251 e. The van der Waals surface area contributed by atoms with E-state index in [1.807, 2.05) is 6.26 Å². The van der Waals surface area contributed by atoms with Crippen molar-refractivity contribution in [3.8, 4) is 0 Å². The van der Waals surface area contributed by atoms with Crippen molar-refractivity contribution in [1.29, 1.82) is 0 Å². The molecule has 138 valence electrons. The van der Waals surface area contributed by atoms with Crippen molar-refractivity contribution in [2.45, 2.75) is 18.5 Å². The van der Waals surface area contributed by atoms with Gasteiger partial charge in [0.05, 0.1) is 5.75 Å². The minimum Gasteiger partial charge on any atom is -0.357 e. The molecule has 3 rings (SSSR count). The van der Waals surface area contributed by atoms with Crippen LogP contribution in [-0.4, -0.2) is 75.7 Å². The smallest absolute Gasteiger partial charge is 0.251 e. The number of nitrogens with zero attached hydrogens (tertiary/aromatic N) is 3. The molecule has 1 fully saturated rings. The number of carbonyl (C=O) groups is 3. The number of benzene rings is 1. The van der Waals surface area contributed by atoms with E-state index in [0.717, 1.165) is 0 Å². The maximum atomic E-state index is 12.5. The molecule has 2 heterocycles. The van der Waals surface area contributed by atoms with E-state index in [1.54, 1.807) is 30.1 Å². The summed E-state index contributed by atoms with van der Waals surface area (Å²) in [6.45, 7) is 0.315. The normalized spacial score (nSPS) is 19.5. The summed E-state index contributed by atoms with van der Waals surface area (Å²) in [5, 5.41) is 15.9. The van der Waals surface area contributed by atoms with Crippen LogP contribution in [0.5, 0.6) is 0 Å². The van der Waals surface area contributed by atoms with Gasteiger partial charge in [-0.05, 0) is 30.9 Å². The molecule has 3 N–H and O–H groups in total. The molecule has 0 bridgehead atoms. The molecule has 0 aliphatic carbocycles. The van der Waals surface area contributed by atoms with Crippen molar-refractivity contribution in [3.63, 3.8) is 0 Å². The predicted octanol–water partition coefficient (Wildman–Crippen LogP) is -0.234. The molecule has 1 aliphatic rings. The summed E-state index contributed by atoms with van der Waals surface area (Å²) in [5.74, 6) is -0.293. The summed E-state index contributed by atoms with van der Waals surface area (Å²) in [5.41, 5.74) is 1.73. The van der Waals surface area contributed by atoms with Crippen LogP contribution >= 0.6 is 11.8 Å². The molecule has 1 saturated heterocycles. The molecule has 2 atom stereocenters. The van der Waals surface area contributed by atoms with Crippen LogP contribution in [0, 0.1) is 0 Å². The van der Waals surface area contributed by atoms with Crippen LogP contribution in [0.15, 0.2) is 18.2 Å². The standard InChI is InChI=1S/C16H20N6O3S/c1-17-16(25)13-6-10(7-22(13)14(23)8-26-2)18-15(24)9-3-4-11-12(5-9)20-21-19-11/h3-5,10,13H,6-8H2,1-2H3,(H,17,25)(H,18,24)(H,19,20,21)/t10-,13+/m1/s1. The number of amides is 3. The first-order valence-corrected chi connectivity index (χ1v) is 9.54. The van der Waals surface area contributed by atoms with Gasteiger partial charge >= 0.3 is 0 Å². The van der Waals surface area contributed by atoms with E-state index < -0.39 is 6.04 Å². The fourth-order valence-electron chi connectivity index (χ4n) is 3.09. The summed E-state index contributed by atoms with van der Waals surface area (Å²) >= 11 is 1.41. The summed E-state index contributed by atoms with van der Waals surface area (Å²) in [6, 6.07) is 4.17. The number of rotatable bonds is 5. The number of aromatic nitrogens is 3. The monoisotopic (exact) mass is 376 g/mol. The first-order chi connectivity index (χ1) is 12.5. The largest absolute Gasteiger partial charge is 0.357 e. The minimum atomic E-state index is -0.567. The lowest BCUT2D eigenvalue weighted by Crippen LogP contribution is -2.45.